The molecule has 1 aromatic heterocycles. The highest BCUT2D eigenvalue weighted by Gasteiger charge is 2.27. The van der Waals surface area contributed by atoms with Crippen molar-refractivity contribution in [3.05, 3.63) is 58.9 Å². The molecule has 0 saturated carbocycles. The Balaban J connectivity index is 1.44. The van der Waals surface area contributed by atoms with Gasteiger partial charge in [-0.3, -0.25) is 4.79 Å². The van der Waals surface area contributed by atoms with Gasteiger partial charge in [0.2, 0.25) is 15.9 Å². The third kappa shape index (κ3) is 5.78. The SMILES string of the molecule is C[C@H](Sc1nc(-c2ccccc2)cs1)C(=O)Nc1cc(S(=O)(=O)N2CCCCC2)ccc1Cl. The summed E-state index contributed by atoms with van der Waals surface area (Å²) in [5, 5.41) is 4.60. The number of thioether (sulfide) groups is 1. The summed E-state index contributed by atoms with van der Waals surface area (Å²) in [5.41, 5.74) is 2.18. The van der Waals surface area contributed by atoms with E-state index < -0.39 is 15.3 Å². The van der Waals surface area contributed by atoms with E-state index in [-0.39, 0.29) is 16.5 Å². The standard InChI is InChI=1S/C23H24ClN3O3S3/c1-16(32-23-26-21(15-31-23)17-8-4-2-5-9-17)22(28)25-20-14-18(10-11-19(20)24)33(29,30)27-12-6-3-7-13-27/h2,4-5,8-11,14-16H,3,6-7,12-13H2,1H3,(H,25,28)/t16-/m0/s1. The number of amides is 1. The van der Waals surface area contributed by atoms with Crippen molar-refractivity contribution in [2.24, 2.45) is 0 Å². The average Bonchev–Trinajstić information content (AvgIpc) is 3.30. The van der Waals surface area contributed by atoms with Gasteiger partial charge in [0, 0.05) is 24.0 Å². The minimum atomic E-state index is -3.62. The Labute approximate surface area is 207 Å². The van der Waals surface area contributed by atoms with Gasteiger partial charge in [0.1, 0.15) is 0 Å². The van der Waals surface area contributed by atoms with Crippen LogP contribution < -0.4 is 5.32 Å². The molecule has 3 aromatic rings. The molecule has 2 heterocycles. The van der Waals surface area contributed by atoms with Crippen LogP contribution >= 0.6 is 34.7 Å². The van der Waals surface area contributed by atoms with Crippen molar-refractivity contribution in [1.29, 1.82) is 0 Å². The molecule has 6 nitrogen and oxygen atoms in total. The minimum Gasteiger partial charge on any atom is -0.324 e. The highest BCUT2D eigenvalue weighted by molar-refractivity contribution is 8.02. The Morgan fingerprint density at radius 1 is 1.15 bits per heavy atom. The third-order valence-electron chi connectivity index (χ3n) is 5.35. The lowest BCUT2D eigenvalue weighted by Crippen LogP contribution is -2.35. The lowest BCUT2D eigenvalue weighted by atomic mass is 10.2. The van der Waals surface area contributed by atoms with E-state index in [0.29, 0.717) is 18.1 Å². The molecule has 174 valence electrons. The summed E-state index contributed by atoms with van der Waals surface area (Å²) in [6, 6.07) is 14.3. The Kier molecular flexibility index (Phi) is 7.76. The highest BCUT2D eigenvalue weighted by atomic mass is 35.5. The van der Waals surface area contributed by atoms with Crippen LogP contribution in [-0.2, 0) is 14.8 Å². The number of nitrogens with one attached hydrogen (secondary N) is 1. The zero-order valence-electron chi connectivity index (χ0n) is 18.0. The number of carbonyl (C=O) groups is 1. The average molecular weight is 522 g/mol. The number of rotatable bonds is 7. The van der Waals surface area contributed by atoms with E-state index in [0.717, 1.165) is 34.9 Å². The number of thiazole rings is 1. The predicted molar refractivity (Wildman–Crippen MR) is 136 cm³/mol. The Hall–Kier alpha value is -1.91. The number of aromatic nitrogens is 1. The topological polar surface area (TPSA) is 79.4 Å². The van der Waals surface area contributed by atoms with Gasteiger partial charge in [0.15, 0.2) is 4.34 Å². The first-order valence-electron chi connectivity index (χ1n) is 10.6. The molecule has 1 N–H and O–H groups in total. The monoisotopic (exact) mass is 521 g/mol. The zero-order valence-corrected chi connectivity index (χ0v) is 21.2. The quantitative estimate of drug-likeness (QED) is 0.400. The Bertz CT molecular complexity index is 1230. The lowest BCUT2D eigenvalue weighted by Gasteiger charge is -2.26. The molecule has 0 unspecified atom stereocenters. The molecule has 0 bridgehead atoms. The molecule has 0 aliphatic carbocycles. The molecule has 4 rings (SSSR count). The molecule has 2 aromatic carbocycles. The Morgan fingerprint density at radius 2 is 1.88 bits per heavy atom. The smallest absolute Gasteiger partial charge is 0.243 e. The number of anilines is 1. The number of hydrogen-bond donors (Lipinski definition) is 1. The fourth-order valence-corrected chi connectivity index (χ4v) is 7.19. The second kappa shape index (κ2) is 10.6. The van der Waals surface area contributed by atoms with Gasteiger partial charge in [0.05, 0.1) is 26.5 Å². The van der Waals surface area contributed by atoms with Crippen molar-refractivity contribution in [1.82, 2.24) is 9.29 Å². The molecule has 10 heteroatoms. The number of carbonyl (C=O) groups excluding carboxylic acids is 1. The molecule has 1 atom stereocenters. The maximum atomic E-state index is 13.0. The third-order valence-corrected chi connectivity index (χ3v) is 9.64. The van der Waals surface area contributed by atoms with E-state index in [2.05, 4.69) is 10.3 Å². The van der Waals surface area contributed by atoms with Crippen molar-refractivity contribution >= 4 is 56.3 Å². The van der Waals surface area contributed by atoms with E-state index >= 15 is 0 Å². The van der Waals surface area contributed by atoms with Crippen LogP contribution in [0.15, 0.2) is 63.1 Å². The van der Waals surface area contributed by atoms with Crippen molar-refractivity contribution < 1.29 is 13.2 Å². The van der Waals surface area contributed by atoms with E-state index in [1.165, 1.54) is 45.6 Å². The van der Waals surface area contributed by atoms with Crippen LogP contribution in [0.1, 0.15) is 26.2 Å². The second-order valence-corrected chi connectivity index (χ2v) is 12.5. The summed E-state index contributed by atoms with van der Waals surface area (Å²) >= 11 is 9.10. The minimum absolute atomic E-state index is 0.136. The first-order valence-corrected chi connectivity index (χ1v) is 14.2. The largest absolute Gasteiger partial charge is 0.324 e. The number of halogens is 1. The van der Waals surface area contributed by atoms with E-state index in [1.807, 2.05) is 35.7 Å². The summed E-state index contributed by atoms with van der Waals surface area (Å²) < 4.78 is 28.3. The van der Waals surface area contributed by atoms with Crippen LogP contribution in [0.5, 0.6) is 0 Å². The Morgan fingerprint density at radius 3 is 2.61 bits per heavy atom. The van der Waals surface area contributed by atoms with Crippen molar-refractivity contribution in [3.63, 3.8) is 0 Å². The molecule has 0 spiro atoms. The first-order chi connectivity index (χ1) is 15.8. The van der Waals surface area contributed by atoms with Crippen LogP contribution in [-0.4, -0.2) is 42.0 Å². The number of nitrogens with zero attached hydrogens (tertiary/aromatic N) is 2. The molecule has 33 heavy (non-hydrogen) atoms. The van der Waals surface area contributed by atoms with E-state index in [4.69, 9.17) is 11.6 Å². The summed E-state index contributed by atoms with van der Waals surface area (Å²) in [4.78, 5) is 17.6. The predicted octanol–water partition coefficient (Wildman–Crippen LogP) is 5.76. The van der Waals surface area contributed by atoms with Gasteiger partial charge in [0.25, 0.3) is 0 Å². The molecule has 1 amide bonds. The van der Waals surface area contributed by atoms with Crippen molar-refractivity contribution in [2.75, 3.05) is 18.4 Å². The number of hydrogen-bond acceptors (Lipinski definition) is 6. The molecular weight excluding hydrogens is 498 g/mol. The number of benzene rings is 2. The van der Waals surface area contributed by atoms with Gasteiger partial charge in [-0.2, -0.15) is 4.31 Å². The van der Waals surface area contributed by atoms with Crippen molar-refractivity contribution in [3.8, 4) is 11.3 Å². The highest BCUT2D eigenvalue weighted by Crippen LogP contribution is 2.32. The molecule has 1 saturated heterocycles. The lowest BCUT2D eigenvalue weighted by molar-refractivity contribution is -0.115. The van der Waals surface area contributed by atoms with Crippen LogP contribution in [0.4, 0.5) is 5.69 Å². The van der Waals surface area contributed by atoms with Gasteiger partial charge in [-0.1, -0.05) is 60.1 Å². The van der Waals surface area contributed by atoms with Crippen LogP contribution in [0.2, 0.25) is 5.02 Å². The number of piperidine rings is 1. The summed E-state index contributed by atoms with van der Waals surface area (Å²) in [6.45, 7) is 2.81. The molecule has 1 fully saturated rings. The van der Waals surface area contributed by atoms with Crippen molar-refractivity contribution in [2.45, 2.75) is 40.7 Å². The molecule has 1 aliphatic heterocycles. The molecule has 1 aliphatic rings. The maximum Gasteiger partial charge on any atom is 0.243 e. The van der Waals surface area contributed by atoms with Gasteiger partial charge in [-0.25, -0.2) is 13.4 Å². The fraction of sp³-hybridized carbons (Fsp3) is 0.304. The van der Waals surface area contributed by atoms with Gasteiger partial charge in [-0.15, -0.1) is 11.3 Å². The zero-order chi connectivity index (χ0) is 23.4. The summed E-state index contributed by atoms with van der Waals surface area (Å²) in [6.07, 6.45) is 2.75. The second-order valence-electron chi connectivity index (χ2n) is 7.72. The molecule has 0 radical (unpaired) electrons. The van der Waals surface area contributed by atoms with Crippen LogP contribution in [0.3, 0.4) is 0 Å². The van der Waals surface area contributed by atoms with Gasteiger partial charge in [-0.05, 0) is 38.0 Å². The normalized spacial score (nSPS) is 15.8. The van der Waals surface area contributed by atoms with Gasteiger partial charge < -0.3 is 5.32 Å². The summed E-state index contributed by atoms with van der Waals surface area (Å²) in [5.74, 6) is -0.272. The van der Waals surface area contributed by atoms with E-state index in [1.54, 1.807) is 6.92 Å². The van der Waals surface area contributed by atoms with E-state index in [9.17, 15) is 13.2 Å². The summed E-state index contributed by atoms with van der Waals surface area (Å²) in [7, 11) is -3.62. The van der Waals surface area contributed by atoms with Gasteiger partial charge >= 0.3 is 0 Å². The maximum absolute atomic E-state index is 13.0. The van der Waals surface area contributed by atoms with Crippen LogP contribution in [0, 0.1) is 0 Å². The first kappa shape index (κ1) is 24.2. The van der Waals surface area contributed by atoms with Crippen LogP contribution in [0.25, 0.3) is 11.3 Å². The number of sulfonamides is 1. The fourth-order valence-electron chi connectivity index (χ4n) is 3.51. The molecular formula is C23H24ClN3O3S3.